The van der Waals surface area contributed by atoms with Gasteiger partial charge in [-0.05, 0) is 59.4 Å². The fourth-order valence-electron chi connectivity index (χ4n) is 2.85. The van der Waals surface area contributed by atoms with Crippen LogP contribution in [0.5, 0.6) is 11.5 Å². The lowest BCUT2D eigenvalue weighted by Gasteiger charge is -2.15. The minimum Gasteiger partial charge on any atom is -0.362 e. The second kappa shape index (κ2) is 8.74. The topological polar surface area (TPSA) is 127 Å². The SMILES string of the molecule is CC/C(=C(/CC)c1ccc(O[35S](=O)(=O)O)cc1)c1ccc(O[35S](=O)(=O)O)cc1. The molecule has 0 aliphatic rings. The van der Waals surface area contributed by atoms with Crippen LogP contribution < -0.4 is 8.37 Å². The molecule has 0 saturated carbocycles. The molecule has 10 heteroatoms. The van der Waals surface area contributed by atoms with E-state index < -0.39 is 20.8 Å². The van der Waals surface area contributed by atoms with Gasteiger partial charge in [0, 0.05) is 0 Å². The molecule has 0 aromatic heterocycles. The van der Waals surface area contributed by atoms with Crippen molar-refractivity contribution in [1.82, 2.24) is 0 Å². The molecule has 0 saturated heterocycles. The Hall–Kier alpha value is -2.40. The van der Waals surface area contributed by atoms with Crippen LogP contribution in [0.3, 0.4) is 0 Å². The van der Waals surface area contributed by atoms with Crippen LogP contribution in [0.15, 0.2) is 48.5 Å². The first kappa shape index (κ1) is 21.9. The summed E-state index contributed by atoms with van der Waals surface area (Å²) in [6.07, 6.45) is 1.37. The normalized spacial score (nSPS) is 13.0. The fraction of sp³-hybridized carbons (Fsp3) is 0.222. The standard InChI is InChI=1S/C18H20O8S2/c1-3-17(13-5-9-15(10-6-13)25-27(19,20)21)18(4-2)14-7-11-16(12-8-14)26-28(22,23)24/h5-12H,3-4H2,1-2H3,(H,19,20,21)(H,22,23,24)/b18-17+/i27+3,28+3. The molecular weight excluding hydrogens is 414 g/mol. The van der Waals surface area contributed by atoms with Gasteiger partial charge in [0.1, 0.15) is 11.5 Å². The molecule has 0 fully saturated rings. The summed E-state index contributed by atoms with van der Waals surface area (Å²) in [5.41, 5.74) is 3.70. The third-order valence-electron chi connectivity index (χ3n) is 3.88. The van der Waals surface area contributed by atoms with Crippen LogP contribution in [-0.2, 0) is 20.8 Å². The molecule has 0 amide bonds. The first-order chi connectivity index (χ1) is 13.0. The first-order valence-corrected chi connectivity index (χ1v) is 11.0. The highest BCUT2D eigenvalue weighted by Crippen LogP contribution is 2.33. The van der Waals surface area contributed by atoms with Crippen molar-refractivity contribution in [3.63, 3.8) is 0 Å². The van der Waals surface area contributed by atoms with Gasteiger partial charge < -0.3 is 8.37 Å². The maximum Gasteiger partial charge on any atom is 0.446 e. The van der Waals surface area contributed by atoms with Crippen molar-refractivity contribution >= 4 is 31.9 Å². The van der Waals surface area contributed by atoms with Crippen molar-refractivity contribution in [2.45, 2.75) is 26.7 Å². The Labute approximate surface area is 164 Å². The molecule has 0 radical (unpaired) electrons. The Morgan fingerprint density at radius 2 is 0.964 bits per heavy atom. The fourth-order valence-corrected chi connectivity index (χ4v) is 3.56. The highest BCUT2D eigenvalue weighted by atomic mass is 35.1. The molecule has 0 aliphatic heterocycles. The van der Waals surface area contributed by atoms with Crippen LogP contribution >= 0.6 is 0 Å². The molecule has 2 aromatic carbocycles. The average molecular weight is 434 g/mol. The Morgan fingerprint density at radius 3 is 1.18 bits per heavy atom. The maximum atomic E-state index is 10.8. The Balaban J connectivity index is 2.39. The maximum absolute atomic E-state index is 10.8. The van der Waals surface area contributed by atoms with E-state index >= 15 is 0 Å². The van der Waals surface area contributed by atoms with E-state index in [0.29, 0.717) is 12.8 Å². The van der Waals surface area contributed by atoms with E-state index in [2.05, 4.69) is 8.37 Å². The second-order valence-electron chi connectivity index (χ2n) is 5.74. The predicted octanol–water partition coefficient (Wildman–Crippen LogP) is 3.78. The van der Waals surface area contributed by atoms with Crippen molar-refractivity contribution in [3.8, 4) is 11.5 Å². The third kappa shape index (κ3) is 6.34. The molecule has 152 valence electrons. The Bertz CT molecular complexity index is 964. The summed E-state index contributed by atoms with van der Waals surface area (Å²) in [7, 11) is -9.16. The monoisotopic (exact) mass is 434 g/mol. The molecule has 8 nitrogen and oxygen atoms in total. The minimum atomic E-state index is -4.58. The van der Waals surface area contributed by atoms with Crippen molar-refractivity contribution in [2.75, 3.05) is 0 Å². The van der Waals surface area contributed by atoms with Gasteiger partial charge in [0.25, 0.3) is 0 Å². The zero-order valence-corrected chi connectivity index (χ0v) is 16.8. The van der Waals surface area contributed by atoms with Gasteiger partial charge in [-0.1, -0.05) is 38.1 Å². The van der Waals surface area contributed by atoms with Gasteiger partial charge >= 0.3 is 20.8 Å². The van der Waals surface area contributed by atoms with Crippen LogP contribution in [0, 0.1) is 0 Å². The van der Waals surface area contributed by atoms with Gasteiger partial charge in [-0.15, -0.1) is 0 Å². The molecular formula is C18H20O8S2. The molecule has 28 heavy (non-hydrogen) atoms. The summed E-state index contributed by atoms with van der Waals surface area (Å²) in [6.45, 7) is 3.95. The smallest absolute Gasteiger partial charge is 0.362 e. The first-order valence-electron chi connectivity index (χ1n) is 8.29. The second-order valence-corrected chi connectivity index (χ2v) is 7.78. The van der Waals surface area contributed by atoms with Crippen LogP contribution in [0.4, 0.5) is 0 Å². The molecule has 0 atom stereocenters. The number of benzene rings is 2. The van der Waals surface area contributed by atoms with Crippen molar-refractivity contribution < 1.29 is 34.3 Å². The van der Waals surface area contributed by atoms with Gasteiger partial charge in [0.05, 0.1) is 0 Å². The molecule has 0 heterocycles. The molecule has 2 N–H and O–H groups in total. The zero-order valence-electron chi connectivity index (χ0n) is 15.2. The zero-order chi connectivity index (χ0) is 20.9. The Kier molecular flexibility index (Phi) is 6.83. The van der Waals surface area contributed by atoms with Crippen molar-refractivity contribution in [2.24, 2.45) is 0 Å². The lowest BCUT2D eigenvalue weighted by molar-refractivity contribution is 0.384. The van der Waals surface area contributed by atoms with Gasteiger partial charge in [-0.25, -0.2) is 0 Å². The number of hydrogen-bond acceptors (Lipinski definition) is 6. The van der Waals surface area contributed by atoms with E-state index in [1.165, 1.54) is 24.3 Å². The molecule has 0 aliphatic carbocycles. The summed E-state index contributed by atoms with van der Waals surface area (Å²) >= 11 is 0. The molecule has 0 unspecified atom stereocenters. The van der Waals surface area contributed by atoms with E-state index in [1.54, 1.807) is 24.3 Å². The van der Waals surface area contributed by atoms with Gasteiger partial charge in [0.2, 0.25) is 0 Å². The number of hydrogen-bond donors (Lipinski definition) is 2. The Morgan fingerprint density at radius 1 is 0.679 bits per heavy atom. The highest BCUT2D eigenvalue weighted by molar-refractivity contribution is 7.81. The van der Waals surface area contributed by atoms with Crippen LogP contribution in [-0.4, -0.2) is 25.9 Å². The summed E-state index contributed by atoms with van der Waals surface area (Å²) in [6, 6.07) is 12.5. The average Bonchev–Trinajstić information content (AvgIpc) is 2.59. The molecule has 2 rings (SSSR count). The third-order valence-corrected chi connectivity index (χ3v) is 4.69. The van der Waals surface area contributed by atoms with E-state index in [-0.39, 0.29) is 11.5 Å². The largest absolute Gasteiger partial charge is 0.446 e. The van der Waals surface area contributed by atoms with E-state index in [9.17, 15) is 16.8 Å². The van der Waals surface area contributed by atoms with Crippen LogP contribution in [0.25, 0.3) is 11.1 Å². The lowest BCUT2D eigenvalue weighted by Crippen LogP contribution is -2.06. The van der Waals surface area contributed by atoms with Crippen molar-refractivity contribution in [1.29, 1.82) is 0 Å². The van der Waals surface area contributed by atoms with E-state index in [4.69, 9.17) is 9.11 Å². The van der Waals surface area contributed by atoms with Gasteiger partial charge in [-0.3, -0.25) is 9.11 Å². The predicted molar refractivity (Wildman–Crippen MR) is 105 cm³/mol. The summed E-state index contributed by atoms with van der Waals surface area (Å²) < 4.78 is 69.5. The molecule has 0 spiro atoms. The van der Waals surface area contributed by atoms with E-state index in [1.807, 2.05) is 13.8 Å². The number of allylic oxidation sites excluding steroid dienone is 2. The lowest BCUT2D eigenvalue weighted by atomic mass is 9.91. The van der Waals surface area contributed by atoms with Gasteiger partial charge in [-0.2, -0.15) is 16.8 Å². The van der Waals surface area contributed by atoms with Crippen molar-refractivity contribution in [3.05, 3.63) is 59.7 Å². The summed E-state index contributed by atoms with van der Waals surface area (Å²) in [4.78, 5) is 0. The quantitative estimate of drug-likeness (QED) is 0.475. The van der Waals surface area contributed by atoms with Crippen LogP contribution in [0.1, 0.15) is 37.8 Å². The number of rotatable bonds is 8. The molecule has 2 aromatic rings. The van der Waals surface area contributed by atoms with E-state index in [0.717, 1.165) is 22.3 Å². The highest BCUT2D eigenvalue weighted by Gasteiger charge is 2.12. The summed E-state index contributed by atoms with van der Waals surface area (Å²) in [5, 5.41) is 0. The van der Waals surface area contributed by atoms with Crippen LogP contribution in [0.2, 0.25) is 0 Å². The summed E-state index contributed by atoms with van der Waals surface area (Å²) in [5.74, 6) is -0.0158. The van der Waals surface area contributed by atoms with Gasteiger partial charge in [0.15, 0.2) is 0 Å². The molecule has 0 bridgehead atoms. The minimum absolute atomic E-state index is 0.00790.